The van der Waals surface area contributed by atoms with Gasteiger partial charge in [0.2, 0.25) is 0 Å². The van der Waals surface area contributed by atoms with Crippen LogP contribution >= 0.6 is 12.2 Å². The van der Waals surface area contributed by atoms with Gasteiger partial charge < -0.3 is 10.1 Å². The van der Waals surface area contributed by atoms with Crippen LogP contribution in [-0.2, 0) is 0 Å². The van der Waals surface area contributed by atoms with Crippen LogP contribution in [0.2, 0.25) is 0 Å². The Morgan fingerprint density at radius 1 is 1.29 bits per heavy atom. The number of hydrogen-bond donors (Lipinski definition) is 2. The Bertz CT molecular complexity index is 658. The number of aromatic nitrogens is 1. The van der Waals surface area contributed by atoms with Gasteiger partial charge in [-0.25, -0.2) is 0 Å². The lowest BCUT2D eigenvalue weighted by atomic mass is 10.2. The Hall–Kier alpha value is -2.47. The van der Waals surface area contributed by atoms with Crippen molar-refractivity contribution in [2.45, 2.75) is 6.92 Å². The van der Waals surface area contributed by atoms with E-state index in [1.807, 2.05) is 43.3 Å². The first-order valence-corrected chi connectivity index (χ1v) is 6.76. The van der Waals surface area contributed by atoms with Gasteiger partial charge in [-0.05, 0) is 43.4 Å². The number of hydrazone groups is 1. The van der Waals surface area contributed by atoms with Crippen molar-refractivity contribution in [3.8, 4) is 5.75 Å². The molecular weight excluding hydrogens is 284 g/mol. The number of methoxy groups -OCH3 is 1. The second-order valence-electron chi connectivity index (χ2n) is 4.20. The molecular formula is C15H16N4OS. The van der Waals surface area contributed by atoms with E-state index in [-0.39, 0.29) is 0 Å². The molecule has 0 radical (unpaired) electrons. The summed E-state index contributed by atoms with van der Waals surface area (Å²) in [6.07, 6.45) is 3.39. The second-order valence-corrected chi connectivity index (χ2v) is 4.61. The molecule has 1 aromatic heterocycles. The zero-order valence-electron chi connectivity index (χ0n) is 11.8. The summed E-state index contributed by atoms with van der Waals surface area (Å²) >= 11 is 5.18. The summed E-state index contributed by atoms with van der Waals surface area (Å²) in [6, 6.07) is 11.3. The number of rotatable bonds is 4. The molecule has 0 amide bonds. The van der Waals surface area contributed by atoms with E-state index in [4.69, 9.17) is 17.0 Å². The molecule has 0 aliphatic heterocycles. The zero-order chi connectivity index (χ0) is 15.1. The van der Waals surface area contributed by atoms with E-state index in [0.29, 0.717) is 5.11 Å². The number of anilines is 1. The Morgan fingerprint density at radius 3 is 2.86 bits per heavy atom. The summed E-state index contributed by atoms with van der Waals surface area (Å²) in [7, 11) is 1.62. The van der Waals surface area contributed by atoms with Crippen LogP contribution in [0.1, 0.15) is 11.3 Å². The molecule has 1 aromatic carbocycles. The van der Waals surface area contributed by atoms with Gasteiger partial charge in [0.25, 0.3) is 0 Å². The number of nitrogens with one attached hydrogen (secondary N) is 2. The number of thiocarbonyl (C=S) groups is 1. The fraction of sp³-hybridized carbons (Fsp3) is 0.133. The van der Waals surface area contributed by atoms with Crippen LogP contribution in [0.15, 0.2) is 47.7 Å². The highest BCUT2D eigenvalue weighted by atomic mass is 32.1. The predicted octanol–water partition coefficient (Wildman–Crippen LogP) is 2.72. The van der Waals surface area contributed by atoms with E-state index in [9.17, 15) is 0 Å². The van der Waals surface area contributed by atoms with E-state index in [1.165, 1.54) is 0 Å². The van der Waals surface area contributed by atoms with Crippen molar-refractivity contribution in [1.82, 2.24) is 10.4 Å². The van der Waals surface area contributed by atoms with Crippen LogP contribution in [0.25, 0.3) is 0 Å². The van der Waals surface area contributed by atoms with E-state index in [2.05, 4.69) is 20.8 Å². The molecule has 1 heterocycles. The lowest BCUT2D eigenvalue weighted by molar-refractivity contribution is 0.414. The summed E-state index contributed by atoms with van der Waals surface area (Å²) in [5.74, 6) is 0.755. The molecule has 2 rings (SSSR count). The Kier molecular flexibility index (Phi) is 5.22. The van der Waals surface area contributed by atoms with Crippen molar-refractivity contribution in [2.75, 3.05) is 12.4 Å². The van der Waals surface area contributed by atoms with Gasteiger partial charge in [0.15, 0.2) is 5.11 Å². The molecule has 0 bridgehead atoms. The van der Waals surface area contributed by atoms with Gasteiger partial charge >= 0.3 is 0 Å². The minimum absolute atomic E-state index is 0.400. The van der Waals surface area contributed by atoms with Crippen molar-refractivity contribution < 1.29 is 4.74 Å². The van der Waals surface area contributed by atoms with Crippen molar-refractivity contribution in [3.05, 3.63) is 53.9 Å². The van der Waals surface area contributed by atoms with Crippen LogP contribution in [0, 0.1) is 6.92 Å². The first-order chi connectivity index (χ1) is 10.2. The number of pyridine rings is 1. The highest BCUT2D eigenvalue weighted by molar-refractivity contribution is 7.80. The molecule has 6 heteroatoms. The Labute approximate surface area is 129 Å². The highest BCUT2D eigenvalue weighted by Gasteiger charge is 2.00. The molecule has 0 spiro atoms. The molecule has 5 nitrogen and oxygen atoms in total. The van der Waals surface area contributed by atoms with Crippen molar-refractivity contribution >= 4 is 29.2 Å². The molecule has 108 valence electrons. The third-order valence-corrected chi connectivity index (χ3v) is 2.96. The minimum Gasteiger partial charge on any atom is -0.496 e. The summed E-state index contributed by atoms with van der Waals surface area (Å²) in [6.45, 7) is 1.91. The molecule has 2 N–H and O–H groups in total. The molecule has 0 aliphatic rings. The molecule has 0 atom stereocenters. The SMILES string of the molecule is COc1ccccc1C=NNC(=S)Nc1cccnc1C. The van der Waals surface area contributed by atoms with Crippen LogP contribution in [0.5, 0.6) is 5.75 Å². The van der Waals surface area contributed by atoms with Gasteiger partial charge in [-0.15, -0.1) is 0 Å². The van der Waals surface area contributed by atoms with Gasteiger partial charge in [0, 0.05) is 11.8 Å². The first kappa shape index (κ1) is 14.9. The number of nitrogens with zero attached hydrogens (tertiary/aromatic N) is 2. The first-order valence-electron chi connectivity index (χ1n) is 6.35. The lowest BCUT2D eigenvalue weighted by Gasteiger charge is -2.08. The van der Waals surface area contributed by atoms with Gasteiger partial charge in [-0.1, -0.05) is 12.1 Å². The number of benzene rings is 1. The molecule has 0 aliphatic carbocycles. The molecule has 0 saturated carbocycles. The van der Waals surface area contributed by atoms with Crippen LogP contribution in [-0.4, -0.2) is 23.4 Å². The number of aryl methyl sites for hydroxylation is 1. The fourth-order valence-corrected chi connectivity index (χ4v) is 1.86. The van der Waals surface area contributed by atoms with Crippen molar-refractivity contribution in [1.29, 1.82) is 0 Å². The van der Waals surface area contributed by atoms with Crippen molar-refractivity contribution in [3.63, 3.8) is 0 Å². The standard InChI is InChI=1S/C15H16N4OS/c1-11-13(7-5-9-16-11)18-15(21)19-17-10-12-6-3-4-8-14(12)20-2/h3-10H,1-2H3,(H2,18,19,21). The molecule has 0 saturated heterocycles. The number of ether oxygens (including phenoxy) is 1. The Morgan fingerprint density at radius 2 is 2.10 bits per heavy atom. The fourth-order valence-electron chi connectivity index (χ4n) is 1.70. The van der Waals surface area contributed by atoms with E-state index in [0.717, 1.165) is 22.7 Å². The van der Waals surface area contributed by atoms with Gasteiger partial charge in [0.1, 0.15) is 5.75 Å². The molecule has 0 fully saturated rings. The highest BCUT2D eigenvalue weighted by Crippen LogP contribution is 2.14. The topological polar surface area (TPSA) is 58.5 Å². The van der Waals surface area contributed by atoms with Gasteiger partial charge in [-0.2, -0.15) is 5.10 Å². The summed E-state index contributed by atoms with van der Waals surface area (Å²) < 4.78 is 5.24. The monoisotopic (exact) mass is 300 g/mol. The third kappa shape index (κ3) is 4.25. The maximum absolute atomic E-state index is 5.24. The van der Waals surface area contributed by atoms with Crippen molar-refractivity contribution in [2.24, 2.45) is 5.10 Å². The van der Waals surface area contributed by atoms with E-state index < -0.39 is 0 Å². The molecule has 21 heavy (non-hydrogen) atoms. The normalized spacial score (nSPS) is 10.4. The average molecular weight is 300 g/mol. The lowest BCUT2D eigenvalue weighted by Crippen LogP contribution is -2.24. The van der Waals surface area contributed by atoms with Gasteiger partial charge in [0.05, 0.1) is 24.7 Å². The zero-order valence-corrected chi connectivity index (χ0v) is 12.6. The third-order valence-electron chi connectivity index (χ3n) is 2.76. The predicted molar refractivity (Wildman–Crippen MR) is 88.9 cm³/mol. The second kappa shape index (κ2) is 7.35. The van der Waals surface area contributed by atoms with E-state index in [1.54, 1.807) is 19.5 Å². The smallest absolute Gasteiger partial charge is 0.191 e. The summed E-state index contributed by atoms with van der Waals surface area (Å²) in [4.78, 5) is 4.18. The molecule has 0 unspecified atom stereocenters. The van der Waals surface area contributed by atoms with Gasteiger partial charge in [-0.3, -0.25) is 10.4 Å². The Balaban J connectivity index is 1.95. The summed E-state index contributed by atoms with van der Waals surface area (Å²) in [5.41, 5.74) is 5.35. The molecule has 2 aromatic rings. The summed E-state index contributed by atoms with van der Waals surface area (Å²) in [5, 5.41) is 7.53. The van der Waals surface area contributed by atoms with Crippen LogP contribution in [0.3, 0.4) is 0 Å². The largest absolute Gasteiger partial charge is 0.496 e. The van der Waals surface area contributed by atoms with Crippen LogP contribution in [0.4, 0.5) is 5.69 Å². The van der Waals surface area contributed by atoms with Crippen LogP contribution < -0.4 is 15.5 Å². The number of para-hydroxylation sites is 1. The maximum Gasteiger partial charge on any atom is 0.191 e. The minimum atomic E-state index is 0.400. The number of hydrogen-bond acceptors (Lipinski definition) is 4. The van der Waals surface area contributed by atoms with E-state index >= 15 is 0 Å². The maximum atomic E-state index is 5.24. The quantitative estimate of drug-likeness (QED) is 0.516. The average Bonchev–Trinajstić information content (AvgIpc) is 2.50.